The second kappa shape index (κ2) is 6.08. The molecule has 0 aromatic rings. The van der Waals surface area contributed by atoms with Crippen molar-refractivity contribution in [3.63, 3.8) is 0 Å². The summed E-state index contributed by atoms with van der Waals surface area (Å²) >= 11 is 0. The van der Waals surface area contributed by atoms with Crippen molar-refractivity contribution in [2.24, 2.45) is 4.99 Å². The molecule has 0 aromatic heterocycles. The average Bonchev–Trinajstić information content (AvgIpc) is 1.81. The fourth-order valence-electron chi connectivity index (χ4n) is 0.310. The zero-order valence-corrected chi connectivity index (χ0v) is 4.71. The van der Waals surface area contributed by atoms with Gasteiger partial charge in [0.15, 0.2) is 0 Å². The van der Waals surface area contributed by atoms with Crippen molar-refractivity contribution in [1.29, 1.82) is 0 Å². The van der Waals surface area contributed by atoms with Crippen LogP contribution in [0.25, 0.3) is 0 Å². The lowest BCUT2D eigenvalue weighted by Gasteiger charge is -1.78. The summed E-state index contributed by atoms with van der Waals surface area (Å²) in [6, 6.07) is 0. The van der Waals surface area contributed by atoms with Crippen LogP contribution in [0.3, 0.4) is 0 Å². The second-order valence-corrected chi connectivity index (χ2v) is 1.30. The van der Waals surface area contributed by atoms with Gasteiger partial charge in [-0.05, 0) is 12.8 Å². The third kappa shape index (κ3) is 5.08. The van der Waals surface area contributed by atoms with Crippen LogP contribution in [0.4, 0.5) is 0 Å². The third-order valence-electron chi connectivity index (χ3n) is 0.666. The van der Waals surface area contributed by atoms with Crippen molar-refractivity contribution in [3.05, 3.63) is 12.7 Å². The summed E-state index contributed by atoms with van der Waals surface area (Å²) in [6.45, 7) is 3.51. The zero-order chi connectivity index (χ0) is 6.24. The van der Waals surface area contributed by atoms with E-state index in [1.54, 1.807) is 12.3 Å². The molecule has 0 aliphatic heterocycles. The predicted molar refractivity (Wildman–Crippen MR) is 34.0 cm³/mol. The van der Waals surface area contributed by atoms with Gasteiger partial charge in [-0.25, -0.2) is 4.99 Å². The van der Waals surface area contributed by atoms with E-state index in [-0.39, 0.29) is 0 Å². The Labute approximate surface area is 48.9 Å². The van der Waals surface area contributed by atoms with Crippen LogP contribution in [0.5, 0.6) is 0 Å². The van der Waals surface area contributed by atoms with Crippen LogP contribution in [-0.2, 0) is 4.79 Å². The van der Waals surface area contributed by atoms with Gasteiger partial charge in [0.05, 0.1) is 0 Å². The molecule has 0 aliphatic carbocycles. The lowest BCUT2D eigenvalue weighted by molar-refractivity contribution is -0.106. The number of carbonyl (C=O) groups excluding carboxylic acids is 1. The van der Waals surface area contributed by atoms with Gasteiger partial charge in [-0.3, -0.25) is 4.79 Å². The average molecular weight is 111 g/mol. The van der Waals surface area contributed by atoms with Crippen molar-refractivity contribution >= 4 is 12.6 Å². The molecule has 0 N–H and O–H groups in total. The van der Waals surface area contributed by atoms with Crippen LogP contribution >= 0.6 is 0 Å². The number of hydrogen-bond donors (Lipinski definition) is 0. The maximum Gasteiger partial charge on any atom is 0.232 e. The number of allylic oxidation sites excluding steroid dienone is 1. The summed E-state index contributed by atoms with van der Waals surface area (Å²) in [5, 5.41) is 0. The van der Waals surface area contributed by atoms with Gasteiger partial charge in [0.1, 0.15) is 0 Å². The Balaban J connectivity index is 3.02. The van der Waals surface area contributed by atoms with Crippen LogP contribution in [0.1, 0.15) is 12.8 Å². The second-order valence-electron chi connectivity index (χ2n) is 1.30. The number of carbonyl (C=O) groups is 1. The largest absolute Gasteiger partial charge is 0.276 e. The van der Waals surface area contributed by atoms with E-state index < -0.39 is 0 Å². The molecule has 2 heteroatoms. The van der Waals surface area contributed by atoms with E-state index in [4.69, 9.17) is 0 Å². The minimum atomic E-state index is 0.531. The fraction of sp³-hybridized carbons (Fsp3) is 0.333. The smallest absolute Gasteiger partial charge is 0.232 e. The highest BCUT2D eigenvalue weighted by atomic mass is 16.1. The molecule has 0 unspecified atom stereocenters. The number of nitrogens with zero attached hydrogens (tertiary/aromatic N) is 1. The minimum absolute atomic E-state index is 0.531. The Morgan fingerprint density at radius 3 is 2.75 bits per heavy atom. The summed E-state index contributed by atoms with van der Waals surface area (Å²) in [5.74, 6) is 0. The maximum atomic E-state index is 9.54. The standard InChI is InChI=1S/C6H9NO/c1-2-3-4-5-7-6-8/h2,5-6H,1,3-4H2. The number of unbranched alkanes of at least 4 members (excludes halogenated alkanes) is 1. The van der Waals surface area contributed by atoms with E-state index in [1.807, 2.05) is 0 Å². The van der Waals surface area contributed by atoms with Crippen LogP contribution in [0.2, 0.25) is 0 Å². The molecule has 0 radical (unpaired) electrons. The van der Waals surface area contributed by atoms with Gasteiger partial charge >= 0.3 is 0 Å². The number of aliphatic imine (C=N–C) groups is 1. The van der Waals surface area contributed by atoms with Gasteiger partial charge in [0.2, 0.25) is 6.41 Å². The van der Waals surface area contributed by atoms with Gasteiger partial charge in [-0.15, -0.1) is 6.58 Å². The first-order chi connectivity index (χ1) is 3.91. The zero-order valence-electron chi connectivity index (χ0n) is 4.71. The number of hydrogen-bond acceptors (Lipinski definition) is 1. The number of amides is 1. The van der Waals surface area contributed by atoms with E-state index in [9.17, 15) is 4.79 Å². The van der Waals surface area contributed by atoms with Gasteiger partial charge in [-0.1, -0.05) is 6.08 Å². The Bertz CT molecular complexity index is 96.7. The summed E-state index contributed by atoms with van der Waals surface area (Å²) < 4.78 is 0. The summed E-state index contributed by atoms with van der Waals surface area (Å²) in [4.78, 5) is 12.9. The molecule has 0 bridgehead atoms. The highest BCUT2D eigenvalue weighted by Gasteiger charge is 1.71. The molecule has 0 saturated carbocycles. The molecule has 1 amide bonds. The van der Waals surface area contributed by atoms with E-state index in [2.05, 4.69) is 11.6 Å². The molecule has 44 valence electrons. The minimum Gasteiger partial charge on any atom is -0.276 e. The molecule has 2 nitrogen and oxygen atoms in total. The first kappa shape index (κ1) is 7.08. The Kier molecular flexibility index (Phi) is 5.38. The Morgan fingerprint density at radius 2 is 2.25 bits per heavy atom. The van der Waals surface area contributed by atoms with Crippen molar-refractivity contribution in [2.75, 3.05) is 0 Å². The van der Waals surface area contributed by atoms with Gasteiger partial charge < -0.3 is 0 Å². The van der Waals surface area contributed by atoms with Crippen LogP contribution in [-0.4, -0.2) is 12.6 Å². The van der Waals surface area contributed by atoms with Crippen LogP contribution < -0.4 is 0 Å². The molecule has 0 heterocycles. The van der Waals surface area contributed by atoms with Gasteiger partial charge in [0, 0.05) is 6.21 Å². The van der Waals surface area contributed by atoms with Crippen molar-refractivity contribution < 1.29 is 4.79 Å². The summed E-state index contributed by atoms with van der Waals surface area (Å²) in [5.41, 5.74) is 0. The SMILES string of the molecule is C=CCCC=NC=O. The molecule has 0 spiro atoms. The summed E-state index contributed by atoms with van der Waals surface area (Å²) in [6.07, 6.45) is 5.59. The summed E-state index contributed by atoms with van der Waals surface area (Å²) in [7, 11) is 0. The first-order valence-electron chi connectivity index (χ1n) is 2.48. The molecule has 0 fully saturated rings. The van der Waals surface area contributed by atoms with E-state index in [0.717, 1.165) is 12.8 Å². The molecule has 0 rings (SSSR count). The normalized spacial score (nSPS) is 9.50. The Hall–Kier alpha value is -0.920. The quantitative estimate of drug-likeness (QED) is 0.232. The molecular formula is C6H9NO. The van der Waals surface area contributed by atoms with E-state index >= 15 is 0 Å². The van der Waals surface area contributed by atoms with Gasteiger partial charge in [-0.2, -0.15) is 0 Å². The lowest BCUT2D eigenvalue weighted by Crippen LogP contribution is -1.72. The highest BCUT2D eigenvalue weighted by molar-refractivity contribution is 5.69. The molecule has 0 saturated heterocycles. The van der Waals surface area contributed by atoms with Crippen molar-refractivity contribution in [2.45, 2.75) is 12.8 Å². The molecule has 0 aliphatic rings. The number of rotatable bonds is 4. The highest BCUT2D eigenvalue weighted by Crippen LogP contribution is 1.82. The van der Waals surface area contributed by atoms with Crippen molar-refractivity contribution in [1.82, 2.24) is 0 Å². The van der Waals surface area contributed by atoms with Gasteiger partial charge in [0.25, 0.3) is 0 Å². The lowest BCUT2D eigenvalue weighted by atomic mass is 10.3. The first-order valence-corrected chi connectivity index (χ1v) is 2.48. The van der Waals surface area contributed by atoms with E-state index in [0.29, 0.717) is 6.41 Å². The van der Waals surface area contributed by atoms with Crippen molar-refractivity contribution in [3.8, 4) is 0 Å². The molecule has 0 aromatic carbocycles. The molecular weight excluding hydrogens is 102 g/mol. The van der Waals surface area contributed by atoms with E-state index in [1.165, 1.54) is 0 Å². The third-order valence-corrected chi connectivity index (χ3v) is 0.666. The maximum absolute atomic E-state index is 9.54. The molecule has 8 heavy (non-hydrogen) atoms. The van der Waals surface area contributed by atoms with Crippen LogP contribution in [0.15, 0.2) is 17.6 Å². The van der Waals surface area contributed by atoms with Crippen LogP contribution in [0, 0.1) is 0 Å². The monoisotopic (exact) mass is 111 g/mol. The Morgan fingerprint density at radius 1 is 1.50 bits per heavy atom. The fourth-order valence-corrected chi connectivity index (χ4v) is 0.310. The molecule has 0 atom stereocenters. The predicted octanol–water partition coefficient (Wildman–Crippen LogP) is 1.18. The topological polar surface area (TPSA) is 29.4 Å².